The number of nitrogens with one attached hydrogen (secondary N) is 4. The number of hydrogen-bond acceptors (Lipinski definition) is 6. The molecule has 0 radical (unpaired) electrons. The summed E-state index contributed by atoms with van der Waals surface area (Å²) in [6, 6.07) is 16.2. The van der Waals surface area contributed by atoms with Crippen LogP contribution in [0.5, 0.6) is 0 Å². The van der Waals surface area contributed by atoms with E-state index in [0.717, 1.165) is 11.1 Å². The van der Waals surface area contributed by atoms with Crippen LogP contribution < -0.4 is 27.0 Å². The van der Waals surface area contributed by atoms with E-state index in [4.69, 9.17) is 10.5 Å². The van der Waals surface area contributed by atoms with Crippen molar-refractivity contribution in [3.63, 3.8) is 0 Å². The lowest BCUT2D eigenvalue weighted by Gasteiger charge is -2.20. The van der Waals surface area contributed by atoms with Gasteiger partial charge in [0, 0.05) is 6.42 Å². The summed E-state index contributed by atoms with van der Waals surface area (Å²) in [6.45, 7) is 2.99. The largest absolute Gasteiger partial charge is 0.445 e. The number of ether oxygens (including phenoxy) is 1. The minimum atomic E-state index is -1.03. The Morgan fingerprint density at radius 2 is 1.29 bits per heavy atom. The lowest BCUT2D eigenvalue weighted by molar-refractivity contribution is -0.131. The Kier molecular flexibility index (Phi) is 12.3. The quantitative estimate of drug-likeness (QED) is 0.244. The number of nitrogens with two attached hydrogens (primary N) is 1. The van der Waals surface area contributed by atoms with E-state index < -0.39 is 54.9 Å². The summed E-state index contributed by atoms with van der Waals surface area (Å²) in [4.78, 5) is 61.2. The molecule has 0 spiro atoms. The monoisotopic (exact) mass is 525 g/mol. The van der Waals surface area contributed by atoms with Crippen LogP contribution in [0.3, 0.4) is 0 Å². The van der Waals surface area contributed by atoms with Gasteiger partial charge in [0.25, 0.3) is 0 Å². The summed E-state index contributed by atoms with van der Waals surface area (Å²) in [7, 11) is 0. The second-order valence-corrected chi connectivity index (χ2v) is 9.09. The summed E-state index contributed by atoms with van der Waals surface area (Å²) >= 11 is 0. The van der Waals surface area contributed by atoms with E-state index in [2.05, 4.69) is 21.3 Å². The summed E-state index contributed by atoms with van der Waals surface area (Å²) in [5.41, 5.74) is 6.92. The van der Waals surface area contributed by atoms with Gasteiger partial charge in [-0.2, -0.15) is 0 Å². The molecule has 11 heteroatoms. The Hall–Kier alpha value is -4.41. The zero-order chi connectivity index (χ0) is 27.9. The van der Waals surface area contributed by atoms with E-state index in [1.54, 1.807) is 36.4 Å². The van der Waals surface area contributed by atoms with Crippen LogP contribution in [-0.2, 0) is 36.9 Å². The van der Waals surface area contributed by atoms with Crippen molar-refractivity contribution in [2.75, 3.05) is 13.1 Å². The first-order valence-electron chi connectivity index (χ1n) is 12.3. The molecule has 204 valence electrons. The highest BCUT2D eigenvalue weighted by Gasteiger charge is 2.24. The Labute approximate surface area is 221 Å². The van der Waals surface area contributed by atoms with Crippen LogP contribution in [0.4, 0.5) is 4.79 Å². The van der Waals surface area contributed by atoms with Crippen molar-refractivity contribution in [3.05, 3.63) is 71.8 Å². The van der Waals surface area contributed by atoms with Crippen LogP contribution in [0, 0.1) is 5.92 Å². The van der Waals surface area contributed by atoms with Gasteiger partial charge in [0.2, 0.25) is 23.6 Å². The number of amides is 5. The first-order valence-corrected chi connectivity index (χ1v) is 12.3. The molecule has 0 aliphatic carbocycles. The molecule has 0 bridgehead atoms. The highest BCUT2D eigenvalue weighted by molar-refractivity contribution is 5.93. The molecule has 38 heavy (non-hydrogen) atoms. The molecular formula is C27H35N5O6. The molecule has 0 unspecified atom stereocenters. The second-order valence-electron chi connectivity index (χ2n) is 9.09. The number of alkyl carbamates (subject to hydrolysis) is 1. The highest BCUT2D eigenvalue weighted by Crippen LogP contribution is 2.05. The number of carbonyl (C=O) groups is 5. The third-order valence-corrected chi connectivity index (χ3v) is 5.35. The van der Waals surface area contributed by atoms with Crippen LogP contribution in [0.2, 0.25) is 0 Å². The molecule has 0 aromatic heterocycles. The highest BCUT2D eigenvalue weighted by atomic mass is 16.5. The molecular weight excluding hydrogens is 490 g/mol. The Morgan fingerprint density at radius 3 is 1.84 bits per heavy atom. The molecule has 0 saturated heterocycles. The lowest BCUT2D eigenvalue weighted by atomic mass is 10.0. The molecule has 5 amide bonds. The van der Waals surface area contributed by atoms with Gasteiger partial charge < -0.3 is 31.7 Å². The average molecular weight is 526 g/mol. The fourth-order valence-corrected chi connectivity index (χ4v) is 3.48. The smallest absolute Gasteiger partial charge is 0.407 e. The number of benzene rings is 2. The van der Waals surface area contributed by atoms with E-state index in [0.29, 0.717) is 6.42 Å². The van der Waals surface area contributed by atoms with E-state index in [9.17, 15) is 24.0 Å². The fraction of sp³-hybridized carbons (Fsp3) is 0.370. The van der Waals surface area contributed by atoms with Crippen LogP contribution in [0.25, 0.3) is 0 Å². The van der Waals surface area contributed by atoms with Crippen molar-refractivity contribution in [1.82, 2.24) is 21.3 Å². The molecule has 6 N–H and O–H groups in total. The maximum Gasteiger partial charge on any atom is 0.407 e. The van der Waals surface area contributed by atoms with Gasteiger partial charge in [-0.1, -0.05) is 74.5 Å². The van der Waals surface area contributed by atoms with Crippen molar-refractivity contribution in [3.8, 4) is 0 Å². The average Bonchev–Trinajstić information content (AvgIpc) is 2.89. The Bertz CT molecular complexity index is 1080. The predicted molar refractivity (Wildman–Crippen MR) is 140 cm³/mol. The number of carbonyl (C=O) groups excluding carboxylic acids is 5. The normalized spacial score (nSPS) is 12.1. The fourth-order valence-electron chi connectivity index (χ4n) is 3.48. The van der Waals surface area contributed by atoms with Crippen molar-refractivity contribution in [1.29, 1.82) is 0 Å². The molecule has 2 atom stereocenters. The minimum absolute atomic E-state index is 0.0448. The van der Waals surface area contributed by atoms with Gasteiger partial charge in [-0.3, -0.25) is 19.2 Å². The van der Waals surface area contributed by atoms with Crippen molar-refractivity contribution >= 4 is 29.7 Å². The van der Waals surface area contributed by atoms with Gasteiger partial charge in [-0.25, -0.2) is 4.79 Å². The molecule has 0 saturated carbocycles. The van der Waals surface area contributed by atoms with Gasteiger partial charge in [0.15, 0.2) is 0 Å². The molecule has 2 aromatic rings. The van der Waals surface area contributed by atoms with Gasteiger partial charge in [-0.05, 0) is 23.5 Å². The molecule has 2 rings (SSSR count). The van der Waals surface area contributed by atoms with Crippen molar-refractivity contribution in [2.24, 2.45) is 11.7 Å². The van der Waals surface area contributed by atoms with Crippen LogP contribution >= 0.6 is 0 Å². The van der Waals surface area contributed by atoms with Crippen molar-refractivity contribution < 1.29 is 28.7 Å². The molecule has 2 aromatic carbocycles. The summed E-state index contributed by atoms with van der Waals surface area (Å²) in [5.74, 6) is -2.36. The predicted octanol–water partition coefficient (Wildman–Crippen LogP) is 0.773. The summed E-state index contributed by atoms with van der Waals surface area (Å²) < 4.78 is 5.08. The standard InChI is InChI=1S/C27H35N5O6/c1-18(2)13-21(25(28)35)31-23(33)15-29-26(36)22(14-19-9-5-3-6-10-19)32-24(34)16-30-27(37)38-17-20-11-7-4-8-12-20/h3-12,18,21-22H,13-17H2,1-2H3,(H2,28,35)(H,29,36)(H,30,37)(H,31,33)(H,32,34)/t21-,22-/m0/s1. The van der Waals surface area contributed by atoms with Crippen LogP contribution in [-0.4, -0.2) is 54.9 Å². The van der Waals surface area contributed by atoms with Gasteiger partial charge >= 0.3 is 6.09 Å². The van der Waals surface area contributed by atoms with Gasteiger partial charge in [-0.15, -0.1) is 0 Å². The molecule has 0 aliphatic rings. The zero-order valence-electron chi connectivity index (χ0n) is 21.6. The summed E-state index contributed by atoms with van der Waals surface area (Å²) in [5, 5.41) is 9.91. The molecule has 0 heterocycles. The molecule has 0 aliphatic heterocycles. The third kappa shape index (κ3) is 11.5. The number of hydrogen-bond donors (Lipinski definition) is 5. The summed E-state index contributed by atoms with van der Waals surface area (Å²) in [6.07, 6.45) is -0.270. The van der Waals surface area contributed by atoms with E-state index in [1.807, 2.05) is 38.1 Å². The first kappa shape index (κ1) is 29.8. The molecule has 11 nitrogen and oxygen atoms in total. The zero-order valence-corrected chi connectivity index (χ0v) is 21.6. The Morgan fingerprint density at radius 1 is 0.763 bits per heavy atom. The maximum absolute atomic E-state index is 12.9. The van der Waals surface area contributed by atoms with Gasteiger partial charge in [0.05, 0.1) is 6.54 Å². The topological polar surface area (TPSA) is 169 Å². The number of primary amides is 1. The maximum atomic E-state index is 12.9. The van der Waals surface area contributed by atoms with E-state index in [-0.39, 0.29) is 18.9 Å². The van der Waals surface area contributed by atoms with Crippen molar-refractivity contribution in [2.45, 2.75) is 45.4 Å². The first-order chi connectivity index (χ1) is 18.1. The third-order valence-electron chi connectivity index (χ3n) is 5.35. The van der Waals surface area contributed by atoms with E-state index in [1.165, 1.54) is 0 Å². The lowest BCUT2D eigenvalue weighted by Crippen LogP contribution is -2.53. The number of rotatable bonds is 14. The van der Waals surface area contributed by atoms with Gasteiger partial charge in [0.1, 0.15) is 25.2 Å². The molecule has 0 fully saturated rings. The van der Waals surface area contributed by atoms with E-state index >= 15 is 0 Å². The second kappa shape index (κ2) is 15.6. The SMILES string of the molecule is CC(C)C[C@H](NC(=O)CNC(=O)[C@H](Cc1ccccc1)NC(=O)CNC(=O)OCc1ccccc1)C(N)=O. The van der Waals surface area contributed by atoms with Crippen LogP contribution in [0.1, 0.15) is 31.4 Å². The van der Waals surface area contributed by atoms with Crippen LogP contribution in [0.15, 0.2) is 60.7 Å². The Balaban J connectivity index is 1.90. The minimum Gasteiger partial charge on any atom is -0.445 e.